The average molecular weight is 331 g/mol. The monoisotopic (exact) mass is 331 g/mol. The molecule has 0 bridgehead atoms. The summed E-state index contributed by atoms with van der Waals surface area (Å²) in [5.74, 6) is 0.365. The first-order valence-electron chi connectivity index (χ1n) is 5.92. The number of nitrogens with one attached hydrogen (secondary N) is 1. The molecule has 2 N–H and O–H groups in total. The number of alkyl halides is 3. The molecule has 0 saturated heterocycles. The lowest BCUT2D eigenvalue weighted by atomic mass is 10.2. The predicted octanol–water partition coefficient (Wildman–Crippen LogP) is 1.25. The smallest absolute Gasteiger partial charge is 0.411 e. The minimum Gasteiger partial charge on any atom is -0.465 e. The molecule has 0 unspecified atom stereocenters. The minimum absolute atomic E-state index is 0.0975. The molecule has 1 heterocycles. The van der Waals surface area contributed by atoms with Crippen LogP contribution in [0.1, 0.15) is 17.1 Å². The number of aryl methyl sites for hydroxylation is 2. The zero-order valence-electron chi connectivity index (χ0n) is 11.5. The highest BCUT2D eigenvalue weighted by atomic mass is 32.2. The molecular weight excluding hydrogens is 315 g/mol. The molecule has 21 heavy (non-hydrogen) atoms. The Morgan fingerprint density at radius 3 is 2.43 bits per heavy atom. The van der Waals surface area contributed by atoms with Gasteiger partial charge in [-0.1, -0.05) is 0 Å². The zero-order valence-corrected chi connectivity index (χ0v) is 12.3. The van der Waals surface area contributed by atoms with E-state index in [0.29, 0.717) is 0 Å². The van der Waals surface area contributed by atoms with E-state index < -0.39 is 36.0 Å². The lowest BCUT2D eigenvalue weighted by Gasteiger charge is -2.09. The van der Waals surface area contributed by atoms with Crippen LogP contribution in [-0.4, -0.2) is 39.5 Å². The van der Waals surface area contributed by atoms with E-state index in [1.165, 1.54) is 13.8 Å². The fourth-order valence-corrected chi connectivity index (χ4v) is 3.20. The third-order valence-electron chi connectivity index (χ3n) is 2.56. The van der Waals surface area contributed by atoms with Gasteiger partial charge in [-0.15, -0.1) is 0 Å². The number of furan rings is 1. The van der Waals surface area contributed by atoms with Crippen LogP contribution in [0.15, 0.2) is 9.31 Å². The van der Waals surface area contributed by atoms with Gasteiger partial charge in [0.05, 0.1) is 13.2 Å². The van der Waals surface area contributed by atoms with Gasteiger partial charge in [-0.25, -0.2) is 13.1 Å². The number of rotatable bonds is 7. The number of hydrogen-bond acceptors (Lipinski definition) is 5. The van der Waals surface area contributed by atoms with E-state index in [-0.39, 0.29) is 28.5 Å². The number of aliphatic hydroxyl groups is 1. The van der Waals surface area contributed by atoms with Gasteiger partial charge in [0.2, 0.25) is 10.0 Å². The summed E-state index contributed by atoms with van der Waals surface area (Å²) in [6.45, 7) is 0.200. The molecule has 1 aromatic rings. The van der Waals surface area contributed by atoms with Crippen LogP contribution in [0, 0.1) is 13.8 Å². The second kappa shape index (κ2) is 6.77. The van der Waals surface area contributed by atoms with Gasteiger partial charge in [0.15, 0.2) is 0 Å². The molecule has 0 aliphatic heterocycles. The molecule has 0 radical (unpaired) electrons. The van der Waals surface area contributed by atoms with Gasteiger partial charge < -0.3 is 14.3 Å². The molecule has 0 amide bonds. The van der Waals surface area contributed by atoms with Crippen molar-refractivity contribution in [3.05, 3.63) is 17.1 Å². The summed E-state index contributed by atoms with van der Waals surface area (Å²) in [5.41, 5.74) is 0.121. The first kappa shape index (κ1) is 18.0. The van der Waals surface area contributed by atoms with E-state index in [2.05, 4.69) is 9.46 Å². The van der Waals surface area contributed by atoms with Crippen LogP contribution in [0.2, 0.25) is 0 Å². The lowest BCUT2D eigenvalue weighted by molar-refractivity contribution is -0.173. The van der Waals surface area contributed by atoms with E-state index in [1.54, 1.807) is 0 Å². The van der Waals surface area contributed by atoms with Crippen LogP contribution in [-0.2, 0) is 21.4 Å². The molecule has 6 nitrogen and oxygen atoms in total. The summed E-state index contributed by atoms with van der Waals surface area (Å²) in [7, 11) is -3.99. The van der Waals surface area contributed by atoms with E-state index in [9.17, 15) is 26.7 Å². The third-order valence-corrected chi connectivity index (χ3v) is 4.21. The fourth-order valence-electron chi connectivity index (χ4n) is 1.75. The van der Waals surface area contributed by atoms with Crippen molar-refractivity contribution in [3.63, 3.8) is 0 Å². The quantitative estimate of drug-likeness (QED) is 0.734. The van der Waals surface area contributed by atoms with Gasteiger partial charge >= 0.3 is 6.18 Å². The number of sulfonamides is 1. The van der Waals surface area contributed by atoms with E-state index in [1.807, 2.05) is 0 Å². The maximum Gasteiger partial charge on any atom is 0.411 e. The van der Waals surface area contributed by atoms with Crippen LogP contribution in [0.4, 0.5) is 13.2 Å². The molecule has 0 aliphatic carbocycles. The molecule has 0 atom stereocenters. The van der Waals surface area contributed by atoms with Crippen LogP contribution in [0.3, 0.4) is 0 Å². The highest BCUT2D eigenvalue weighted by molar-refractivity contribution is 7.89. The van der Waals surface area contributed by atoms with Crippen molar-refractivity contribution >= 4 is 10.0 Å². The molecule has 10 heteroatoms. The van der Waals surface area contributed by atoms with Crippen molar-refractivity contribution in [1.82, 2.24) is 4.72 Å². The van der Waals surface area contributed by atoms with Crippen molar-refractivity contribution in [2.75, 3.05) is 19.8 Å². The van der Waals surface area contributed by atoms with Crippen molar-refractivity contribution in [2.24, 2.45) is 0 Å². The van der Waals surface area contributed by atoms with Gasteiger partial charge in [0.25, 0.3) is 0 Å². The Morgan fingerprint density at radius 2 is 1.90 bits per heavy atom. The Bertz CT molecular complexity index is 579. The Hall–Kier alpha value is -1.10. The highest BCUT2D eigenvalue weighted by Gasteiger charge is 2.28. The van der Waals surface area contributed by atoms with Crippen molar-refractivity contribution in [1.29, 1.82) is 0 Å². The van der Waals surface area contributed by atoms with Crippen LogP contribution in [0.5, 0.6) is 0 Å². The SMILES string of the molecule is Cc1oc(C)c(S(=O)(=O)NCCOCC(F)(F)F)c1CO. The zero-order chi connectivity index (χ0) is 16.3. The van der Waals surface area contributed by atoms with E-state index in [0.717, 1.165) is 0 Å². The molecule has 0 spiro atoms. The van der Waals surface area contributed by atoms with Gasteiger partial charge in [-0.2, -0.15) is 13.2 Å². The molecular formula is C11H16F3NO5S. The van der Waals surface area contributed by atoms with Crippen LogP contribution in [0.25, 0.3) is 0 Å². The predicted molar refractivity (Wildman–Crippen MR) is 66.2 cm³/mol. The van der Waals surface area contributed by atoms with Crippen molar-refractivity contribution in [3.8, 4) is 0 Å². The normalized spacial score (nSPS) is 12.9. The number of aliphatic hydroxyl groups excluding tert-OH is 1. The van der Waals surface area contributed by atoms with Crippen molar-refractivity contribution < 1.29 is 35.8 Å². The molecule has 0 fully saturated rings. The Morgan fingerprint density at radius 1 is 1.29 bits per heavy atom. The first-order valence-corrected chi connectivity index (χ1v) is 7.40. The van der Waals surface area contributed by atoms with E-state index in [4.69, 9.17) is 4.42 Å². The number of hydrogen-bond donors (Lipinski definition) is 2. The molecule has 0 aromatic carbocycles. The Balaban J connectivity index is 2.67. The molecule has 1 aromatic heterocycles. The van der Waals surface area contributed by atoms with Crippen molar-refractivity contribution in [2.45, 2.75) is 31.5 Å². The molecule has 122 valence electrons. The summed E-state index contributed by atoms with van der Waals surface area (Å²) < 4.78 is 71.1. The highest BCUT2D eigenvalue weighted by Crippen LogP contribution is 2.26. The Kier molecular flexibility index (Phi) is 5.79. The van der Waals surface area contributed by atoms with E-state index >= 15 is 0 Å². The Labute approximate surface area is 119 Å². The first-order chi connectivity index (χ1) is 9.58. The summed E-state index contributed by atoms with van der Waals surface area (Å²) in [5, 5.41) is 9.17. The molecule has 0 aliphatic rings. The maximum absolute atomic E-state index is 12.0. The standard InChI is InChI=1S/C11H16F3NO5S/c1-7-9(5-16)10(8(2)20-7)21(17,18)15-3-4-19-6-11(12,13)14/h15-16H,3-6H2,1-2H3. The second-order valence-corrected chi connectivity index (χ2v) is 5.95. The lowest BCUT2D eigenvalue weighted by Crippen LogP contribution is -2.29. The maximum atomic E-state index is 12.0. The number of halogens is 3. The topological polar surface area (TPSA) is 88.8 Å². The second-order valence-electron chi connectivity index (χ2n) is 4.25. The fraction of sp³-hybridized carbons (Fsp3) is 0.636. The molecule has 0 saturated carbocycles. The van der Waals surface area contributed by atoms with Gasteiger partial charge in [0, 0.05) is 12.1 Å². The minimum atomic E-state index is -4.46. The van der Waals surface area contributed by atoms with Gasteiger partial charge in [0.1, 0.15) is 23.0 Å². The third kappa shape index (κ3) is 4.99. The largest absolute Gasteiger partial charge is 0.465 e. The van der Waals surface area contributed by atoms with Crippen LogP contribution < -0.4 is 4.72 Å². The average Bonchev–Trinajstić information content (AvgIpc) is 2.62. The summed E-state index contributed by atoms with van der Waals surface area (Å²) >= 11 is 0. The summed E-state index contributed by atoms with van der Waals surface area (Å²) in [4.78, 5) is -0.196. The van der Waals surface area contributed by atoms with Crippen LogP contribution >= 0.6 is 0 Å². The van der Waals surface area contributed by atoms with Gasteiger partial charge in [-0.3, -0.25) is 0 Å². The van der Waals surface area contributed by atoms with Gasteiger partial charge in [-0.05, 0) is 13.8 Å². The summed E-state index contributed by atoms with van der Waals surface area (Å²) in [6.07, 6.45) is -4.46. The molecule has 1 rings (SSSR count). The number of ether oxygens (including phenoxy) is 1. The summed E-state index contributed by atoms with van der Waals surface area (Å²) in [6, 6.07) is 0.